The molecule has 2 heterocycles. The van der Waals surface area contributed by atoms with E-state index >= 15 is 0 Å². The van der Waals surface area contributed by atoms with Crippen LogP contribution in [0.4, 0.5) is 17.1 Å². The summed E-state index contributed by atoms with van der Waals surface area (Å²) in [5.41, 5.74) is 3.24. The highest BCUT2D eigenvalue weighted by atomic mass is 35.5. The fourth-order valence-corrected chi connectivity index (χ4v) is 5.58. The molecule has 11 heteroatoms. The second-order valence-corrected chi connectivity index (χ2v) is 11.8. The van der Waals surface area contributed by atoms with Gasteiger partial charge in [0.25, 0.3) is 0 Å². The van der Waals surface area contributed by atoms with Crippen LogP contribution in [0.1, 0.15) is 38.3 Å². The van der Waals surface area contributed by atoms with Crippen molar-refractivity contribution in [3.63, 3.8) is 0 Å². The zero-order chi connectivity index (χ0) is 30.2. The lowest BCUT2D eigenvalue weighted by atomic mass is 9.87. The number of halogens is 1. The minimum absolute atomic E-state index is 0.0700. The molecule has 4 rings (SSSR count). The molecule has 4 unspecified atom stereocenters. The van der Waals surface area contributed by atoms with E-state index in [9.17, 15) is 10.1 Å². The lowest BCUT2D eigenvalue weighted by Gasteiger charge is -2.38. The van der Waals surface area contributed by atoms with Crippen LogP contribution in [-0.4, -0.2) is 83.4 Å². The third kappa shape index (κ3) is 8.19. The third-order valence-electron chi connectivity index (χ3n) is 7.62. The maximum absolute atomic E-state index is 12.8. The topological polar surface area (TPSA) is 114 Å². The molecule has 2 aromatic carbocycles. The number of benzene rings is 2. The van der Waals surface area contributed by atoms with Crippen molar-refractivity contribution in [2.75, 3.05) is 76.1 Å². The Bertz CT molecular complexity index is 1260. The third-order valence-corrected chi connectivity index (χ3v) is 7.91. The number of nitrogens with one attached hydrogen (secondary N) is 4. The SMILES string of the molecule is CCOc1cc2c(cc1NC(=O)CCCN(C)C)C(Nc1ccc(OCC3CNC(C)CN3)c(Cl)c1)C(C#N)CN2C. The molecule has 0 aliphatic carbocycles. The highest BCUT2D eigenvalue weighted by Crippen LogP contribution is 2.44. The molecule has 4 N–H and O–H groups in total. The summed E-state index contributed by atoms with van der Waals surface area (Å²) >= 11 is 6.64. The number of amides is 1. The van der Waals surface area contributed by atoms with Gasteiger partial charge >= 0.3 is 0 Å². The number of nitriles is 1. The van der Waals surface area contributed by atoms with Gasteiger partial charge in [0.1, 0.15) is 18.1 Å². The van der Waals surface area contributed by atoms with Crippen LogP contribution in [0.2, 0.25) is 5.02 Å². The highest BCUT2D eigenvalue weighted by Gasteiger charge is 2.34. The Morgan fingerprint density at radius 1 is 1.19 bits per heavy atom. The molecule has 0 spiro atoms. The second kappa shape index (κ2) is 14.8. The molecule has 4 atom stereocenters. The molecule has 2 aliphatic heterocycles. The number of anilines is 3. The quantitative estimate of drug-likeness (QED) is 0.287. The van der Waals surface area contributed by atoms with E-state index in [0.717, 1.165) is 43.0 Å². The lowest BCUT2D eigenvalue weighted by Crippen LogP contribution is -2.55. The molecule has 1 saturated heterocycles. The Labute approximate surface area is 254 Å². The maximum atomic E-state index is 12.8. The van der Waals surface area contributed by atoms with Gasteiger partial charge in [-0.25, -0.2) is 0 Å². The molecule has 1 amide bonds. The molecule has 2 aromatic rings. The van der Waals surface area contributed by atoms with E-state index in [1.165, 1.54) is 0 Å². The molecule has 42 heavy (non-hydrogen) atoms. The van der Waals surface area contributed by atoms with E-state index in [0.29, 0.717) is 54.4 Å². The van der Waals surface area contributed by atoms with Gasteiger partial charge in [0.2, 0.25) is 5.91 Å². The van der Waals surface area contributed by atoms with E-state index in [4.69, 9.17) is 21.1 Å². The maximum Gasteiger partial charge on any atom is 0.224 e. The molecule has 1 fully saturated rings. The van der Waals surface area contributed by atoms with Gasteiger partial charge in [-0.05, 0) is 65.2 Å². The largest absolute Gasteiger partial charge is 0.492 e. The average molecular weight is 598 g/mol. The predicted octanol–water partition coefficient (Wildman–Crippen LogP) is 4.09. The summed E-state index contributed by atoms with van der Waals surface area (Å²) in [6.07, 6.45) is 1.16. The fraction of sp³-hybridized carbons (Fsp3) is 0.548. The Morgan fingerprint density at radius 3 is 2.67 bits per heavy atom. The van der Waals surface area contributed by atoms with E-state index in [-0.39, 0.29) is 23.9 Å². The first-order valence-corrected chi connectivity index (χ1v) is 15.1. The fourth-order valence-electron chi connectivity index (χ4n) is 5.34. The van der Waals surface area contributed by atoms with Crippen LogP contribution < -0.4 is 35.6 Å². The van der Waals surface area contributed by atoms with E-state index < -0.39 is 0 Å². The lowest BCUT2D eigenvalue weighted by molar-refractivity contribution is -0.116. The standard InChI is InChI=1S/C31H44ClN7O3/c1-6-41-29-14-27-24(13-26(29)37-30(40)8-7-11-38(3)4)31(21(15-33)18-39(27)5)36-22-9-10-28(25(32)12-22)42-19-23-17-34-20(2)16-35-23/h9-10,12-14,20-21,23,31,34-36H,6-8,11,16-19H2,1-5H3,(H,37,40). The van der Waals surface area contributed by atoms with Gasteiger partial charge in [-0.3, -0.25) is 4.79 Å². The monoisotopic (exact) mass is 597 g/mol. The van der Waals surface area contributed by atoms with Gasteiger partial charge in [0, 0.05) is 62.1 Å². The van der Waals surface area contributed by atoms with Crippen LogP contribution in [-0.2, 0) is 4.79 Å². The van der Waals surface area contributed by atoms with Crippen LogP contribution in [0.25, 0.3) is 0 Å². The summed E-state index contributed by atoms with van der Waals surface area (Å²) in [7, 11) is 5.95. The Morgan fingerprint density at radius 2 is 2.00 bits per heavy atom. The van der Waals surface area contributed by atoms with Gasteiger partial charge < -0.3 is 40.5 Å². The molecule has 0 bridgehead atoms. The van der Waals surface area contributed by atoms with Crippen LogP contribution in [0, 0.1) is 17.2 Å². The molecular formula is C31H44ClN7O3. The Hall–Kier alpha value is -3.23. The minimum atomic E-state index is -0.342. The van der Waals surface area contributed by atoms with Gasteiger partial charge in [-0.1, -0.05) is 11.6 Å². The number of fused-ring (bicyclic) bond motifs is 1. The predicted molar refractivity (Wildman–Crippen MR) is 169 cm³/mol. The van der Waals surface area contributed by atoms with Crippen LogP contribution in [0.5, 0.6) is 11.5 Å². The molecule has 228 valence electrons. The van der Waals surface area contributed by atoms with Crippen molar-refractivity contribution in [3.05, 3.63) is 40.9 Å². The zero-order valence-electron chi connectivity index (χ0n) is 25.3. The van der Waals surface area contributed by atoms with Crippen molar-refractivity contribution in [2.24, 2.45) is 5.92 Å². The number of carbonyl (C=O) groups excluding carboxylic acids is 1. The van der Waals surface area contributed by atoms with Gasteiger partial charge in [-0.2, -0.15) is 5.26 Å². The van der Waals surface area contributed by atoms with Crippen LogP contribution >= 0.6 is 11.6 Å². The zero-order valence-corrected chi connectivity index (χ0v) is 26.1. The first-order valence-electron chi connectivity index (χ1n) is 14.7. The number of hydrogen-bond acceptors (Lipinski definition) is 9. The van der Waals surface area contributed by atoms with Crippen molar-refractivity contribution in [1.29, 1.82) is 5.26 Å². The first-order chi connectivity index (χ1) is 20.2. The van der Waals surface area contributed by atoms with Crippen molar-refractivity contribution in [1.82, 2.24) is 15.5 Å². The molecule has 2 aliphatic rings. The highest BCUT2D eigenvalue weighted by molar-refractivity contribution is 6.32. The van der Waals surface area contributed by atoms with Gasteiger partial charge in [-0.15, -0.1) is 0 Å². The van der Waals surface area contributed by atoms with Crippen molar-refractivity contribution in [2.45, 2.75) is 44.8 Å². The van der Waals surface area contributed by atoms with Gasteiger partial charge in [0.05, 0.1) is 41.4 Å². The summed E-state index contributed by atoms with van der Waals surface area (Å²) in [6.45, 7) is 8.15. The molecule has 10 nitrogen and oxygen atoms in total. The van der Waals surface area contributed by atoms with Crippen LogP contribution in [0.15, 0.2) is 30.3 Å². The Kier molecular flexibility index (Phi) is 11.2. The second-order valence-electron chi connectivity index (χ2n) is 11.4. The molecule has 0 saturated carbocycles. The summed E-state index contributed by atoms with van der Waals surface area (Å²) in [5, 5.41) is 24.1. The van der Waals surface area contributed by atoms with E-state index in [2.05, 4.69) is 44.1 Å². The number of piperazine rings is 1. The normalized spacial score (nSPS) is 21.8. The average Bonchev–Trinajstić information content (AvgIpc) is 2.95. The first kappa shape index (κ1) is 31.7. The van der Waals surface area contributed by atoms with Crippen molar-refractivity contribution < 1.29 is 14.3 Å². The van der Waals surface area contributed by atoms with Gasteiger partial charge in [0.15, 0.2) is 0 Å². The summed E-state index contributed by atoms with van der Waals surface area (Å²) in [5.74, 6) is 0.814. The van der Waals surface area contributed by atoms with Crippen LogP contribution in [0.3, 0.4) is 0 Å². The number of carbonyl (C=O) groups is 1. The smallest absolute Gasteiger partial charge is 0.224 e. The summed E-state index contributed by atoms with van der Waals surface area (Å²) < 4.78 is 11.9. The van der Waals surface area contributed by atoms with E-state index in [1.54, 1.807) is 0 Å². The minimum Gasteiger partial charge on any atom is -0.492 e. The van der Waals surface area contributed by atoms with Crippen molar-refractivity contribution in [3.8, 4) is 17.6 Å². The van der Waals surface area contributed by atoms with E-state index in [1.807, 2.05) is 58.4 Å². The molecular weight excluding hydrogens is 554 g/mol. The Balaban J connectivity index is 1.54. The van der Waals surface area contributed by atoms with Crippen molar-refractivity contribution >= 4 is 34.6 Å². The number of nitrogens with zero attached hydrogens (tertiary/aromatic N) is 3. The molecule has 0 aromatic heterocycles. The number of rotatable bonds is 12. The number of ether oxygens (including phenoxy) is 2. The molecule has 0 radical (unpaired) electrons. The summed E-state index contributed by atoms with van der Waals surface area (Å²) in [6, 6.07) is 12.3. The summed E-state index contributed by atoms with van der Waals surface area (Å²) in [4.78, 5) is 16.9. The number of hydrogen-bond donors (Lipinski definition) is 4.